The van der Waals surface area contributed by atoms with Crippen LogP contribution in [-0.2, 0) is 36.7 Å². The molecule has 56 heavy (non-hydrogen) atoms. The van der Waals surface area contributed by atoms with E-state index in [-0.39, 0.29) is 48.3 Å². The van der Waals surface area contributed by atoms with Crippen molar-refractivity contribution in [1.29, 1.82) is 0 Å². The van der Waals surface area contributed by atoms with Crippen molar-refractivity contribution in [3.8, 4) is 22.3 Å². The molecule has 0 nitrogen and oxygen atoms in total. The molecule has 0 amide bonds. The van der Waals surface area contributed by atoms with Gasteiger partial charge in [-0.2, -0.15) is 34.4 Å². The zero-order valence-corrected chi connectivity index (χ0v) is 37.4. The Morgan fingerprint density at radius 1 is 0.554 bits per heavy atom. The van der Waals surface area contributed by atoms with E-state index in [1.54, 1.807) is 15.4 Å². The van der Waals surface area contributed by atoms with Crippen molar-refractivity contribution in [3.05, 3.63) is 214 Å². The van der Waals surface area contributed by atoms with Crippen LogP contribution < -0.4 is 24.8 Å². The van der Waals surface area contributed by atoms with Crippen LogP contribution in [0.4, 0.5) is 8.78 Å². The van der Waals surface area contributed by atoms with E-state index in [1.807, 2.05) is 84.9 Å². The van der Waals surface area contributed by atoms with Crippen LogP contribution in [0.3, 0.4) is 0 Å². The summed E-state index contributed by atoms with van der Waals surface area (Å²) >= 11 is 1.27. The van der Waals surface area contributed by atoms with Crippen LogP contribution in [0.5, 0.6) is 0 Å². The maximum absolute atomic E-state index is 14.8. The predicted octanol–water partition coefficient (Wildman–Crippen LogP) is 7.73. The first-order chi connectivity index (χ1) is 26.2. The molecule has 2 unspecified atom stereocenters. The van der Waals surface area contributed by atoms with Gasteiger partial charge in [0.15, 0.2) is 0 Å². The molecule has 0 aromatic heterocycles. The van der Waals surface area contributed by atoms with Gasteiger partial charge in [-0.1, -0.05) is 123 Å². The van der Waals surface area contributed by atoms with Gasteiger partial charge in [0.05, 0.1) is 0 Å². The van der Waals surface area contributed by atoms with Crippen LogP contribution in [0.1, 0.15) is 84.0 Å². The van der Waals surface area contributed by atoms with E-state index in [0.717, 1.165) is 35.1 Å². The van der Waals surface area contributed by atoms with Crippen molar-refractivity contribution in [2.24, 2.45) is 0 Å². The van der Waals surface area contributed by atoms with Crippen molar-refractivity contribution < 1.29 is 57.5 Å². The van der Waals surface area contributed by atoms with Crippen molar-refractivity contribution in [3.63, 3.8) is 0 Å². The molecule has 284 valence electrons. The minimum absolute atomic E-state index is 0. The van der Waals surface area contributed by atoms with Crippen LogP contribution >= 0.6 is 0 Å². The third kappa shape index (κ3) is 11.0. The topological polar surface area (TPSA) is 0 Å². The van der Waals surface area contributed by atoms with Crippen LogP contribution in [0, 0.1) is 11.6 Å². The standard InChI is InChI=1S/2C24H20F.C3H6.2ClH.Hf/c2*1-2-17-14-19-10-6-7-11-21(23(19)15-17)20-12-13-22(24(25)16-20)18-8-4-3-5-9-18;1-3-2;;;/h2*3-16,21H,2H2,1H3;1-2H3;2*1H;/q2*-1;;;;+2/p-2. The number of benzene rings is 4. The Morgan fingerprint density at radius 2 is 0.929 bits per heavy atom. The van der Waals surface area contributed by atoms with E-state index in [1.165, 1.54) is 57.3 Å². The molecule has 0 bridgehead atoms. The molecule has 0 heterocycles. The van der Waals surface area contributed by atoms with E-state index < -0.39 is 0 Å². The molecule has 0 radical (unpaired) electrons. The number of fused-ring (bicyclic) bond motifs is 2. The maximum Gasteiger partial charge on any atom is -1.00 e. The fraction of sp³-hybridized carbons (Fsp3) is 0.157. The Hall–Kier alpha value is -4.28. The van der Waals surface area contributed by atoms with Gasteiger partial charge in [-0.25, -0.2) is 8.78 Å². The Morgan fingerprint density at radius 3 is 1.27 bits per heavy atom. The predicted molar refractivity (Wildman–Crippen MR) is 223 cm³/mol. The molecule has 8 rings (SSSR count). The van der Waals surface area contributed by atoms with Crippen molar-refractivity contribution in [2.75, 3.05) is 0 Å². The van der Waals surface area contributed by atoms with Gasteiger partial charge in [-0.05, 0) is 59.1 Å². The molecule has 2 aliphatic carbocycles. The van der Waals surface area contributed by atoms with Crippen LogP contribution in [-0.4, -0.2) is 3.26 Å². The third-order valence-electron chi connectivity index (χ3n) is 9.77. The second kappa shape index (κ2) is 21.3. The molecule has 6 aromatic rings. The Kier molecular flexibility index (Phi) is 16.9. The van der Waals surface area contributed by atoms with Gasteiger partial charge in [0, 0.05) is 11.1 Å². The quantitative estimate of drug-likeness (QED) is 0.119. The first-order valence-electron chi connectivity index (χ1n) is 18.8. The molecular weight excluding hydrogens is 900 g/mol. The largest absolute Gasteiger partial charge is 1.00 e. The van der Waals surface area contributed by atoms with Crippen LogP contribution in [0.15, 0.2) is 158 Å². The summed E-state index contributed by atoms with van der Waals surface area (Å²) in [6.45, 7) is 8.62. The van der Waals surface area contributed by atoms with Gasteiger partial charge in [0.2, 0.25) is 0 Å². The Balaban J connectivity index is 0.000000220. The Bertz CT molecular complexity index is 2160. The average molecular weight is 946 g/mol. The zero-order chi connectivity index (χ0) is 38.0. The van der Waals surface area contributed by atoms with Gasteiger partial charge < -0.3 is 24.8 Å². The van der Waals surface area contributed by atoms with Crippen LogP contribution in [0.2, 0.25) is 0 Å². The summed E-state index contributed by atoms with van der Waals surface area (Å²) in [6, 6.07) is 39.6. The van der Waals surface area contributed by atoms with E-state index in [2.05, 4.69) is 101 Å². The number of rotatable bonds is 6. The fourth-order valence-corrected chi connectivity index (χ4v) is 7.06. The monoisotopic (exact) mass is 946 g/mol. The molecule has 0 N–H and O–H groups in total. The zero-order valence-electron chi connectivity index (χ0n) is 32.2. The molecule has 0 saturated heterocycles. The molecule has 5 heteroatoms. The third-order valence-corrected chi connectivity index (χ3v) is 9.77. The van der Waals surface area contributed by atoms with E-state index in [0.29, 0.717) is 11.1 Å². The van der Waals surface area contributed by atoms with Crippen LogP contribution in [0.25, 0.3) is 34.4 Å². The molecule has 0 spiro atoms. The van der Waals surface area contributed by atoms with Crippen molar-refractivity contribution in [2.45, 2.75) is 52.4 Å². The average Bonchev–Trinajstić information content (AvgIpc) is 3.66. The summed E-state index contributed by atoms with van der Waals surface area (Å²) < 4.78 is 31.2. The van der Waals surface area contributed by atoms with E-state index >= 15 is 0 Å². The first kappa shape index (κ1) is 44.4. The summed E-state index contributed by atoms with van der Waals surface area (Å²) in [5.74, 6) is -0.162. The summed E-state index contributed by atoms with van der Waals surface area (Å²) in [6.07, 6.45) is 18.8. The second-order valence-corrected chi connectivity index (χ2v) is 17.5. The number of aryl methyl sites for hydroxylation is 2. The summed E-state index contributed by atoms with van der Waals surface area (Å²) in [4.78, 5) is 0. The van der Waals surface area contributed by atoms with Crippen molar-refractivity contribution in [1.82, 2.24) is 0 Å². The van der Waals surface area contributed by atoms with Gasteiger partial charge in [0.25, 0.3) is 0 Å². The fourth-order valence-electron chi connectivity index (χ4n) is 7.06. The minimum atomic E-state index is -0.168. The van der Waals surface area contributed by atoms with Gasteiger partial charge in [-0.15, -0.1) is 47.6 Å². The number of hydrogen-bond donors (Lipinski definition) is 0. The summed E-state index contributed by atoms with van der Waals surface area (Å²) in [5, 5.41) is 0. The Labute approximate surface area is 359 Å². The van der Waals surface area contributed by atoms with E-state index in [4.69, 9.17) is 0 Å². The molecule has 2 aliphatic rings. The van der Waals surface area contributed by atoms with Crippen molar-refractivity contribution >= 4 is 15.4 Å². The number of hydrogen-bond acceptors (Lipinski definition) is 0. The van der Waals surface area contributed by atoms with Gasteiger partial charge in [-0.3, -0.25) is 0 Å². The molecule has 0 saturated carbocycles. The molecule has 6 aromatic carbocycles. The minimum Gasteiger partial charge on any atom is -1.00 e. The second-order valence-electron chi connectivity index (χ2n) is 13.9. The normalized spacial score (nSPS) is 14.6. The first-order valence-corrected chi connectivity index (χ1v) is 20.6. The molecule has 2 atom stereocenters. The van der Waals surface area contributed by atoms with Gasteiger partial charge in [0.1, 0.15) is 11.6 Å². The van der Waals surface area contributed by atoms with Gasteiger partial charge >= 0.3 is 41.0 Å². The van der Waals surface area contributed by atoms with E-state index in [9.17, 15) is 8.78 Å². The number of halogens is 4. The SMILES string of the molecule is CCc1cc2c([cH-]1)C=CC=CC2c1ccc(-c2ccccc2)c(F)c1.CCc1cc2c([cH-]1)C=CC=CC2c1ccc(-c2ccccc2)c(F)c1.C[C](C)=[Hf+2].[Cl-].[Cl-]. The smallest absolute Gasteiger partial charge is 1.00 e. The maximum atomic E-state index is 14.8. The summed E-state index contributed by atoms with van der Waals surface area (Å²) in [5.41, 5.74) is 12.8. The molecular formula is C51H46Cl2F2Hf-2. The molecule has 0 aliphatic heterocycles. The summed E-state index contributed by atoms with van der Waals surface area (Å²) in [7, 11) is 0. The number of allylic oxidation sites excluding steroid dienone is 6. The molecule has 0 fully saturated rings.